The molecule has 3 unspecified atom stereocenters. The van der Waals surface area contributed by atoms with E-state index in [1.165, 1.54) is 134 Å². The molecule has 5 rings (SSSR count). The molecule has 0 saturated carbocycles. The van der Waals surface area contributed by atoms with Gasteiger partial charge < -0.3 is 23.6 Å². The molecule has 21 heteroatoms. The van der Waals surface area contributed by atoms with Crippen molar-refractivity contribution in [2.75, 3.05) is 45.6 Å². The summed E-state index contributed by atoms with van der Waals surface area (Å²) in [4.78, 5) is 1.57. The first-order valence-electron chi connectivity index (χ1n) is 22.7. The van der Waals surface area contributed by atoms with Crippen LogP contribution < -0.4 is 71.8 Å². The Labute approximate surface area is 445 Å². The van der Waals surface area contributed by atoms with Crippen LogP contribution in [0.2, 0.25) is 0 Å². The molecule has 0 fully saturated rings. The van der Waals surface area contributed by atoms with E-state index in [0.717, 1.165) is 5.69 Å². The van der Waals surface area contributed by atoms with Gasteiger partial charge in [-0.25, -0.2) is 16.8 Å². The predicted octanol–water partition coefficient (Wildman–Crippen LogP) is 2.73. The van der Waals surface area contributed by atoms with Crippen molar-refractivity contribution in [3.05, 3.63) is 133 Å². The van der Waals surface area contributed by atoms with E-state index < -0.39 is 35.7 Å². The Morgan fingerprint density at radius 2 is 0.929 bits per heavy atom. The molecule has 0 saturated heterocycles. The van der Waals surface area contributed by atoms with Crippen LogP contribution >= 0.6 is 26.4 Å². The van der Waals surface area contributed by atoms with Crippen LogP contribution in [0.1, 0.15) is 79.1 Å². The summed E-state index contributed by atoms with van der Waals surface area (Å²) in [5.41, 5.74) is 7.16. The second kappa shape index (κ2) is 38.3. The Hall–Kier alpha value is -2.33. The van der Waals surface area contributed by atoms with Gasteiger partial charge >= 0.3 is 37.1 Å². The summed E-state index contributed by atoms with van der Waals surface area (Å²) in [6.07, 6.45) is 10.8. The van der Waals surface area contributed by atoms with Gasteiger partial charge in [0.2, 0.25) is 0 Å². The summed E-state index contributed by atoms with van der Waals surface area (Å²) in [7, 11) is -4.28. The van der Waals surface area contributed by atoms with Crippen LogP contribution in [0.15, 0.2) is 143 Å². The first kappa shape index (κ1) is 69.8. The van der Waals surface area contributed by atoms with E-state index in [4.69, 9.17) is 5.73 Å². The van der Waals surface area contributed by atoms with Crippen molar-refractivity contribution in [3.63, 3.8) is 0 Å². The average molecular weight is 1080 g/mol. The van der Waals surface area contributed by atoms with Crippen LogP contribution in [0.3, 0.4) is 0 Å². The second-order valence-electron chi connectivity index (χ2n) is 16.1. The monoisotopic (exact) mass is 1080 g/mol. The first-order valence-corrected chi connectivity index (χ1v) is 28.0. The molecule has 3 atom stereocenters. The van der Waals surface area contributed by atoms with Crippen molar-refractivity contribution in [3.8, 4) is 0 Å². The fourth-order valence-corrected chi connectivity index (χ4v) is 10.8. The maximum Gasteiger partial charge on any atom is 1.00 e. The van der Waals surface area contributed by atoms with Gasteiger partial charge in [-0.1, -0.05) is 150 Å². The molecule has 0 heterocycles. The number of nitrogens with one attached hydrogen (secondary N) is 1. The standard InChI is InChI=1S/C21H24N3P.C16H36N.2C6H7O3PS.BF3.FH.Na/c1-24(2)21(22)23-17-10-9-15-20(16-17)25(18-11-5-3-6-12-18)19-13-7-4-8-14-19;1-5-9-13-17(14-10-6-2,15-11-7-3)16-12-8-4;2*7-11(8,9)6-3-1-2-5(10)4-6;2-1(3)4;;/h3-16,21,23H,22H2,1-2H3;5-16H2,1-4H3;2*1-4H,10H2,(H,7,8,9);;1H;/q;+1;;;;;+1/p-3. The number of nitrogens with two attached hydrogens (primary N) is 1. The predicted molar refractivity (Wildman–Crippen MR) is 286 cm³/mol. The van der Waals surface area contributed by atoms with E-state index in [1.54, 1.807) is 12.1 Å². The van der Waals surface area contributed by atoms with Gasteiger partial charge in [-0.15, -0.1) is 18.5 Å². The molecule has 0 spiro atoms. The minimum Gasteiger partial charge on any atom is -1.00 e. The molecular weight excluding hydrogens is 1010 g/mol. The van der Waals surface area contributed by atoms with E-state index >= 15 is 0 Å². The first-order chi connectivity index (χ1) is 32.1. The maximum atomic E-state index is 10.4. The molecule has 384 valence electrons. The van der Waals surface area contributed by atoms with E-state index in [2.05, 4.69) is 136 Å². The normalized spacial score (nSPS) is 11.3. The van der Waals surface area contributed by atoms with E-state index in [1.807, 2.05) is 19.0 Å². The zero-order valence-electron chi connectivity index (χ0n) is 41.7. The van der Waals surface area contributed by atoms with Crippen LogP contribution in [0.5, 0.6) is 0 Å². The molecule has 70 heavy (non-hydrogen) atoms. The number of rotatable bonds is 20. The van der Waals surface area contributed by atoms with Gasteiger partial charge in [-0.2, -0.15) is 0 Å². The molecule has 5 aromatic rings. The molecule has 0 radical (unpaired) electrons. The fourth-order valence-electron chi connectivity index (χ4n) is 6.62. The van der Waals surface area contributed by atoms with Crippen molar-refractivity contribution >= 4 is 86.4 Å². The van der Waals surface area contributed by atoms with Crippen molar-refractivity contribution < 1.29 is 77.6 Å². The van der Waals surface area contributed by atoms with Crippen LogP contribution in [0, 0.1) is 0 Å². The Kier molecular flexibility index (Phi) is 38.1. The van der Waals surface area contributed by atoms with Gasteiger partial charge in [-0.3, -0.25) is 23.6 Å². The van der Waals surface area contributed by atoms with Gasteiger partial charge in [0.1, 0.15) is 26.5 Å². The van der Waals surface area contributed by atoms with Crippen molar-refractivity contribution in [2.45, 2.75) is 95.1 Å². The Morgan fingerprint density at radius 1 is 0.600 bits per heavy atom. The fraction of sp³-hybridized carbons (Fsp3) is 0.388. The number of quaternary nitrogens is 1. The Balaban J connectivity index is 0. The number of hydrogen-bond donors (Lipinski definition) is 2. The second-order valence-corrected chi connectivity index (χ2v) is 22.4. The van der Waals surface area contributed by atoms with Gasteiger partial charge in [-0.05, 0) is 111 Å². The number of nitrogens with zero attached hydrogens (tertiary/aromatic N) is 2. The van der Waals surface area contributed by atoms with Crippen molar-refractivity contribution in [1.29, 1.82) is 0 Å². The van der Waals surface area contributed by atoms with Gasteiger partial charge in [0.05, 0.1) is 36.0 Å². The summed E-state index contributed by atoms with van der Waals surface area (Å²) in [5.74, 6) is 0. The van der Waals surface area contributed by atoms with Gasteiger partial charge in [0.25, 0.3) is 0 Å². The molecule has 3 N–H and O–H groups in total. The van der Waals surface area contributed by atoms with Crippen molar-refractivity contribution in [2.24, 2.45) is 5.73 Å². The summed E-state index contributed by atoms with van der Waals surface area (Å²) in [6, 6.07) is 41.6. The van der Waals surface area contributed by atoms with Crippen molar-refractivity contribution in [1.82, 2.24) is 4.90 Å². The third-order valence-corrected chi connectivity index (χ3v) is 15.0. The number of anilines is 1. The molecule has 0 aliphatic carbocycles. The summed E-state index contributed by atoms with van der Waals surface area (Å²) < 4.78 is 92.9. The smallest absolute Gasteiger partial charge is 1.00 e. The van der Waals surface area contributed by atoms with E-state index in [0.29, 0.717) is 10.6 Å². The van der Waals surface area contributed by atoms with Crippen LogP contribution in [0.4, 0.5) is 18.6 Å². The Bertz CT molecular complexity index is 2210. The van der Waals surface area contributed by atoms with Crippen LogP contribution in [-0.4, -0.2) is 89.4 Å². The zero-order chi connectivity index (χ0) is 51.2. The topological polar surface area (TPSA) is 156 Å². The van der Waals surface area contributed by atoms with Crippen LogP contribution in [-0.2, 0) is 20.2 Å². The zero-order valence-corrected chi connectivity index (χ0v) is 48.5. The molecule has 0 aromatic heterocycles. The molecule has 0 bridgehead atoms. The van der Waals surface area contributed by atoms with Crippen LogP contribution in [0.25, 0.3) is 0 Å². The Morgan fingerprint density at radius 3 is 1.21 bits per heavy atom. The van der Waals surface area contributed by atoms with Gasteiger partial charge in [0.15, 0.2) is 0 Å². The minimum atomic E-state index is -4.29. The maximum absolute atomic E-state index is 10.4. The SMILES string of the molecule is CCCC[N+](CCCC)(CCCC)CCCC.CN(C)C(N)Nc1cccc(P(c2ccccc2)c2ccccc2)c1.FB(F)F.O=S(=O)([O-])c1cccc(P)c1.O=S(=O)([O-])c1cccc(P)c1.[F-].[Na+]. The molecule has 0 aliphatic rings. The van der Waals surface area contributed by atoms with E-state index in [-0.39, 0.29) is 50.3 Å². The quantitative estimate of drug-likeness (QED) is 0.0299. The minimum absolute atomic E-state index is 0. The number of unbranched alkanes of at least 4 members (excludes halogenated alkanes) is 4. The molecular formula is C49H72BF4N4NaO6P3S2-. The number of benzene rings is 5. The molecule has 0 amide bonds. The number of halogens is 4. The average Bonchev–Trinajstić information content (AvgIpc) is 3.29. The summed E-state index contributed by atoms with van der Waals surface area (Å²) in [5, 5.41) is 8.72. The largest absolute Gasteiger partial charge is 1.00 e. The summed E-state index contributed by atoms with van der Waals surface area (Å²) >= 11 is 0. The molecule has 5 aromatic carbocycles. The molecule has 10 nitrogen and oxygen atoms in total. The third kappa shape index (κ3) is 30.0. The van der Waals surface area contributed by atoms with Gasteiger partial charge in [0, 0.05) is 5.69 Å². The third-order valence-electron chi connectivity index (χ3n) is 10.2. The number of hydrogen-bond acceptors (Lipinski definition) is 9. The molecule has 0 aliphatic heterocycles. The summed E-state index contributed by atoms with van der Waals surface area (Å²) in [6.45, 7) is 15.0. The van der Waals surface area contributed by atoms with E-state index in [9.17, 15) is 38.9 Å².